The molecule has 0 unspecified atom stereocenters. The van der Waals surface area contributed by atoms with Crippen LogP contribution in [0.25, 0.3) is 0 Å². The standard InChI is InChI=1S/C8H7NO4.C2H6/c1-5-2-3-7(9(12)13)6(4-5)8(10)11;1-2/h2-4H,1H3,(H,10,11);1-2H3. The fourth-order valence-corrected chi connectivity index (χ4v) is 0.980. The third-order valence-corrected chi connectivity index (χ3v) is 1.58. The SMILES string of the molecule is CC.Cc1ccc([N+](=O)[O-])c(C(=O)O)c1. The second-order valence-corrected chi connectivity index (χ2v) is 2.58. The number of nitrogens with zero attached hydrogens (tertiary/aromatic N) is 1. The first kappa shape index (κ1) is 13.1. The summed E-state index contributed by atoms with van der Waals surface area (Å²) < 4.78 is 0. The second-order valence-electron chi connectivity index (χ2n) is 2.58. The molecular weight excluding hydrogens is 198 g/mol. The van der Waals surface area contributed by atoms with Crippen molar-refractivity contribution in [1.82, 2.24) is 0 Å². The molecular formula is C10H13NO4. The molecule has 0 fully saturated rings. The van der Waals surface area contributed by atoms with Crippen molar-refractivity contribution in [2.24, 2.45) is 0 Å². The molecule has 0 heterocycles. The molecule has 0 radical (unpaired) electrons. The maximum Gasteiger partial charge on any atom is 0.342 e. The third kappa shape index (κ3) is 3.38. The molecule has 0 saturated carbocycles. The normalized spacial score (nSPS) is 8.73. The van der Waals surface area contributed by atoms with Gasteiger partial charge in [-0.3, -0.25) is 10.1 Å². The molecule has 15 heavy (non-hydrogen) atoms. The molecule has 82 valence electrons. The van der Waals surface area contributed by atoms with Crippen LogP contribution in [-0.4, -0.2) is 16.0 Å². The molecule has 0 aliphatic carbocycles. The van der Waals surface area contributed by atoms with E-state index in [1.807, 2.05) is 13.8 Å². The highest BCUT2D eigenvalue weighted by Crippen LogP contribution is 2.19. The molecule has 5 heteroatoms. The number of hydrogen-bond donors (Lipinski definition) is 1. The van der Waals surface area contributed by atoms with Crippen molar-refractivity contribution in [3.05, 3.63) is 39.4 Å². The van der Waals surface area contributed by atoms with Gasteiger partial charge >= 0.3 is 5.97 Å². The highest BCUT2D eigenvalue weighted by atomic mass is 16.6. The number of benzene rings is 1. The molecule has 0 saturated heterocycles. The van der Waals surface area contributed by atoms with Crippen molar-refractivity contribution >= 4 is 11.7 Å². The monoisotopic (exact) mass is 211 g/mol. The minimum absolute atomic E-state index is 0.273. The summed E-state index contributed by atoms with van der Waals surface area (Å²) in [7, 11) is 0. The molecule has 0 atom stereocenters. The van der Waals surface area contributed by atoms with E-state index in [9.17, 15) is 14.9 Å². The zero-order valence-electron chi connectivity index (χ0n) is 8.85. The number of nitro benzene ring substituents is 1. The van der Waals surface area contributed by atoms with E-state index in [4.69, 9.17) is 5.11 Å². The fourth-order valence-electron chi connectivity index (χ4n) is 0.980. The topological polar surface area (TPSA) is 80.4 Å². The van der Waals surface area contributed by atoms with Gasteiger partial charge in [0.25, 0.3) is 5.69 Å². The van der Waals surface area contributed by atoms with Gasteiger partial charge in [0.1, 0.15) is 5.56 Å². The van der Waals surface area contributed by atoms with E-state index in [0.29, 0.717) is 5.56 Å². The van der Waals surface area contributed by atoms with Crippen LogP contribution < -0.4 is 0 Å². The highest BCUT2D eigenvalue weighted by molar-refractivity contribution is 5.92. The van der Waals surface area contributed by atoms with Gasteiger partial charge in [-0.15, -0.1) is 0 Å². The van der Waals surface area contributed by atoms with Gasteiger partial charge in [-0.2, -0.15) is 0 Å². The van der Waals surface area contributed by atoms with Crippen LogP contribution in [0.15, 0.2) is 18.2 Å². The molecule has 5 nitrogen and oxygen atoms in total. The Bertz CT molecular complexity index is 374. The Morgan fingerprint density at radius 3 is 2.33 bits per heavy atom. The fraction of sp³-hybridized carbons (Fsp3) is 0.300. The van der Waals surface area contributed by atoms with Crippen molar-refractivity contribution < 1.29 is 14.8 Å². The molecule has 0 aromatic heterocycles. The lowest BCUT2D eigenvalue weighted by atomic mass is 10.1. The lowest BCUT2D eigenvalue weighted by Gasteiger charge is -1.98. The molecule has 0 amide bonds. The second kappa shape index (κ2) is 5.74. The van der Waals surface area contributed by atoms with Crippen molar-refractivity contribution in [2.45, 2.75) is 20.8 Å². The molecule has 1 N–H and O–H groups in total. The number of carboxylic acid groups (broad SMARTS) is 1. The van der Waals surface area contributed by atoms with Crippen LogP contribution in [0.4, 0.5) is 5.69 Å². The number of nitro groups is 1. The van der Waals surface area contributed by atoms with E-state index in [2.05, 4.69) is 0 Å². The number of rotatable bonds is 2. The Morgan fingerprint density at radius 1 is 1.40 bits per heavy atom. The first-order valence-electron chi connectivity index (χ1n) is 4.50. The molecule has 0 bridgehead atoms. The summed E-state index contributed by atoms with van der Waals surface area (Å²) in [5, 5.41) is 19.0. The maximum atomic E-state index is 10.6. The molecule has 0 aliphatic heterocycles. The number of aryl methyl sites for hydroxylation is 1. The predicted octanol–water partition coefficient (Wildman–Crippen LogP) is 2.63. The van der Waals surface area contributed by atoms with Crippen LogP contribution in [-0.2, 0) is 0 Å². The first-order valence-corrected chi connectivity index (χ1v) is 4.50. The lowest BCUT2D eigenvalue weighted by Crippen LogP contribution is -2.02. The van der Waals surface area contributed by atoms with E-state index in [1.54, 1.807) is 6.92 Å². The van der Waals surface area contributed by atoms with Crippen molar-refractivity contribution in [3.63, 3.8) is 0 Å². The number of hydrogen-bond acceptors (Lipinski definition) is 3. The summed E-state index contributed by atoms with van der Waals surface area (Å²) in [4.78, 5) is 20.2. The largest absolute Gasteiger partial charge is 0.477 e. The Balaban J connectivity index is 0.000000921. The maximum absolute atomic E-state index is 10.6. The first-order chi connectivity index (χ1) is 7.02. The summed E-state index contributed by atoms with van der Waals surface area (Å²) in [6, 6.07) is 3.98. The van der Waals surface area contributed by atoms with Crippen LogP contribution in [0.2, 0.25) is 0 Å². The average molecular weight is 211 g/mol. The van der Waals surface area contributed by atoms with Crippen LogP contribution in [0.5, 0.6) is 0 Å². The van der Waals surface area contributed by atoms with Crippen molar-refractivity contribution in [3.8, 4) is 0 Å². The zero-order valence-corrected chi connectivity index (χ0v) is 8.85. The van der Waals surface area contributed by atoms with Crippen LogP contribution in [0.1, 0.15) is 29.8 Å². The van der Waals surface area contributed by atoms with Gasteiger partial charge in [0.15, 0.2) is 0 Å². The smallest absolute Gasteiger partial charge is 0.342 e. The molecule has 1 rings (SSSR count). The van der Waals surface area contributed by atoms with E-state index in [0.717, 1.165) is 0 Å². The molecule has 0 spiro atoms. The average Bonchev–Trinajstić information content (AvgIpc) is 2.20. The summed E-state index contributed by atoms with van der Waals surface area (Å²) in [6.07, 6.45) is 0. The van der Waals surface area contributed by atoms with E-state index < -0.39 is 10.9 Å². The van der Waals surface area contributed by atoms with E-state index in [1.165, 1.54) is 18.2 Å². The molecule has 1 aromatic rings. The zero-order chi connectivity index (χ0) is 12.0. The summed E-state index contributed by atoms with van der Waals surface area (Å²) >= 11 is 0. The van der Waals surface area contributed by atoms with Gasteiger partial charge < -0.3 is 5.11 Å². The van der Waals surface area contributed by atoms with E-state index >= 15 is 0 Å². The Labute approximate surface area is 87.5 Å². The van der Waals surface area contributed by atoms with Crippen LogP contribution in [0, 0.1) is 17.0 Å². The van der Waals surface area contributed by atoms with Gasteiger partial charge in [-0.1, -0.05) is 19.9 Å². The molecule has 0 aliphatic rings. The predicted molar refractivity (Wildman–Crippen MR) is 56.1 cm³/mol. The highest BCUT2D eigenvalue weighted by Gasteiger charge is 2.18. The minimum atomic E-state index is -1.28. The van der Waals surface area contributed by atoms with Crippen molar-refractivity contribution in [1.29, 1.82) is 0 Å². The van der Waals surface area contributed by atoms with Gasteiger partial charge in [0, 0.05) is 6.07 Å². The molecule has 1 aromatic carbocycles. The number of carbonyl (C=O) groups is 1. The summed E-state index contributed by atoms with van der Waals surface area (Å²) in [5.41, 5.74) is 0.0334. The minimum Gasteiger partial charge on any atom is -0.477 e. The number of carboxylic acids is 1. The van der Waals surface area contributed by atoms with E-state index in [-0.39, 0.29) is 11.3 Å². The number of aromatic carboxylic acids is 1. The van der Waals surface area contributed by atoms with Gasteiger partial charge in [-0.25, -0.2) is 4.79 Å². The van der Waals surface area contributed by atoms with Crippen molar-refractivity contribution in [2.75, 3.05) is 0 Å². The Kier molecular flexibility index (Phi) is 5.01. The Hall–Kier alpha value is -1.91. The third-order valence-electron chi connectivity index (χ3n) is 1.58. The van der Waals surface area contributed by atoms with Gasteiger partial charge in [0.05, 0.1) is 4.92 Å². The van der Waals surface area contributed by atoms with Gasteiger partial charge in [0.2, 0.25) is 0 Å². The lowest BCUT2D eigenvalue weighted by molar-refractivity contribution is -0.385. The quantitative estimate of drug-likeness (QED) is 0.602. The summed E-state index contributed by atoms with van der Waals surface area (Å²) in [5.74, 6) is -1.28. The van der Waals surface area contributed by atoms with Crippen LogP contribution in [0.3, 0.4) is 0 Å². The van der Waals surface area contributed by atoms with Crippen LogP contribution >= 0.6 is 0 Å². The van der Waals surface area contributed by atoms with Gasteiger partial charge in [-0.05, 0) is 18.6 Å². The Morgan fingerprint density at radius 2 is 1.93 bits per heavy atom. The summed E-state index contributed by atoms with van der Waals surface area (Å²) in [6.45, 7) is 5.68.